The van der Waals surface area contributed by atoms with Gasteiger partial charge in [0.2, 0.25) is 5.91 Å². The van der Waals surface area contributed by atoms with E-state index in [2.05, 4.69) is 4.90 Å². The summed E-state index contributed by atoms with van der Waals surface area (Å²) in [5.74, 6) is -0.412. The summed E-state index contributed by atoms with van der Waals surface area (Å²) >= 11 is 2.75. The number of nitrogens with zero attached hydrogens (tertiary/aromatic N) is 4. The monoisotopic (exact) mass is 548 g/mol. The molecule has 2 aliphatic rings. The van der Waals surface area contributed by atoms with Crippen LogP contribution in [0, 0.1) is 12.8 Å². The number of sulfonamides is 1. The molecule has 0 bridgehead atoms. The van der Waals surface area contributed by atoms with E-state index in [0.29, 0.717) is 35.3 Å². The van der Waals surface area contributed by atoms with Crippen LogP contribution in [-0.2, 0) is 19.6 Å². The van der Waals surface area contributed by atoms with E-state index in [9.17, 15) is 13.2 Å². The minimum atomic E-state index is -3.58. The molecule has 1 aromatic carbocycles. The number of piperidine rings is 1. The summed E-state index contributed by atoms with van der Waals surface area (Å²) in [6.07, 6.45) is 2.17. The summed E-state index contributed by atoms with van der Waals surface area (Å²) in [7, 11) is -3.58. The molecule has 2 aromatic heterocycles. The second kappa shape index (κ2) is 11.2. The number of ether oxygens (including phenoxy) is 1. The van der Waals surface area contributed by atoms with Crippen LogP contribution in [-0.4, -0.2) is 81.0 Å². The van der Waals surface area contributed by atoms with Crippen LogP contribution < -0.4 is 4.90 Å². The molecule has 194 valence electrons. The standard InChI is InChI=1S/C25H32N4O4S3/c1-19-6-2-8-21-23(19)26-25(35-21)29(12-5-10-27-13-15-33-16-14-27)24(30)20-7-3-11-28(18-20)36(31,32)22-9-4-17-34-22/h2,4,6,8-9,17,20H,3,5,7,10-16,18H2,1H3. The Bertz CT molecular complexity index is 1290. The normalized spacial score (nSPS) is 20.1. The Morgan fingerprint density at radius 3 is 2.78 bits per heavy atom. The number of morpholine rings is 1. The summed E-state index contributed by atoms with van der Waals surface area (Å²) in [5.41, 5.74) is 2.01. The van der Waals surface area contributed by atoms with E-state index in [1.54, 1.807) is 17.5 Å². The zero-order valence-corrected chi connectivity index (χ0v) is 22.9. The number of carbonyl (C=O) groups excluding carboxylic acids is 1. The predicted octanol–water partition coefficient (Wildman–Crippen LogP) is 3.82. The fourth-order valence-corrected chi connectivity index (χ4v) is 8.63. The molecule has 8 nitrogen and oxygen atoms in total. The second-order valence-electron chi connectivity index (χ2n) is 9.35. The first-order chi connectivity index (χ1) is 17.4. The molecule has 0 aliphatic carbocycles. The van der Waals surface area contributed by atoms with Gasteiger partial charge in [-0.25, -0.2) is 13.4 Å². The van der Waals surface area contributed by atoms with Gasteiger partial charge >= 0.3 is 0 Å². The first-order valence-corrected chi connectivity index (χ1v) is 15.6. The third-order valence-electron chi connectivity index (χ3n) is 6.89. The van der Waals surface area contributed by atoms with Gasteiger partial charge in [-0.3, -0.25) is 14.6 Å². The topological polar surface area (TPSA) is 83.0 Å². The first-order valence-electron chi connectivity index (χ1n) is 12.4. The minimum absolute atomic E-state index is 0.0280. The number of anilines is 1. The summed E-state index contributed by atoms with van der Waals surface area (Å²) in [6.45, 7) is 7.45. The number of thiophene rings is 1. The molecule has 2 saturated heterocycles. The van der Waals surface area contributed by atoms with E-state index in [0.717, 1.165) is 55.0 Å². The molecule has 0 radical (unpaired) electrons. The van der Waals surface area contributed by atoms with Gasteiger partial charge < -0.3 is 4.74 Å². The van der Waals surface area contributed by atoms with Gasteiger partial charge in [0.05, 0.1) is 29.3 Å². The van der Waals surface area contributed by atoms with Crippen LogP contribution in [0.3, 0.4) is 0 Å². The number of aromatic nitrogens is 1. The van der Waals surface area contributed by atoms with Crippen LogP contribution in [0.15, 0.2) is 39.9 Å². The lowest BCUT2D eigenvalue weighted by molar-refractivity contribution is -0.123. The van der Waals surface area contributed by atoms with Crippen molar-refractivity contribution in [2.24, 2.45) is 5.92 Å². The van der Waals surface area contributed by atoms with E-state index in [1.165, 1.54) is 27.0 Å². The summed E-state index contributed by atoms with van der Waals surface area (Å²) in [4.78, 5) is 23.0. The second-order valence-corrected chi connectivity index (χ2v) is 13.5. The van der Waals surface area contributed by atoms with Crippen molar-refractivity contribution >= 4 is 54.0 Å². The zero-order chi connectivity index (χ0) is 25.1. The number of carbonyl (C=O) groups is 1. The molecule has 5 rings (SSSR count). The van der Waals surface area contributed by atoms with Crippen LogP contribution in [0.5, 0.6) is 0 Å². The van der Waals surface area contributed by atoms with Crippen molar-refractivity contribution in [3.8, 4) is 0 Å². The summed E-state index contributed by atoms with van der Waals surface area (Å²) in [5, 5.41) is 2.47. The molecule has 11 heteroatoms. The number of aryl methyl sites for hydroxylation is 1. The lowest BCUT2D eigenvalue weighted by Gasteiger charge is -2.34. The average molecular weight is 549 g/mol. The fourth-order valence-electron chi connectivity index (χ4n) is 4.89. The molecule has 2 fully saturated rings. The van der Waals surface area contributed by atoms with E-state index < -0.39 is 10.0 Å². The minimum Gasteiger partial charge on any atom is -0.379 e. The van der Waals surface area contributed by atoms with Crippen molar-refractivity contribution in [2.45, 2.75) is 30.4 Å². The van der Waals surface area contributed by atoms with Gasteiger partial charge in [-0.1, -0.05) is 29.5 Å². The number of para-hydroxylation sites is 1. The van der Waals surface area contributed by atoms with E-state index in [4.69, 9.17) is 9.72 Å². The molecule has 2 aliphatic heterocycles. The highest BCUT2D eigenvalue weighted by Crippen LogP contribution is 2.33. The van der Waals surface area contributed by atoms with Gasteiger partial charge in [0.1, 0.15) is 4.21 Å². The summed E-state index contributed by atoms with van der Waals surface area (Å²) in [6, 6.07) is 9.46. The molecule has 1 atom stereocenters. The Hall–Kier alpha value is -1.89. The predicted molar refractivity (Wildman–Crippen MR) is 144 cm³/mol. The molecular formula is C25H32N4O4S3. The van der Waals surface area contributed by atoms with Crippen LogP contribution >= 0.6 is 22.7 Å². The maximum absolute atomic E-state index is 13.9. The molecule has 4 heterocycles. The van der Waals surface area contributed by atoms with Gasteiger partial charge in [0.15, 0.2) is 5.13 Å². The molecule has 0 saturated carbocycles. The average Bonchev–Trinajstić information content (AvgIpc) is 3.59. The number of hydrogen-bond acceptors (Lipinski definition) is 8. The van der Waals surface area contributed by atoms with Crippen molar-refractivity contribution in [1.29, 1.82) is 0 Å². The number of fused-ring (bicyclic) bond motifs is 1. The quantitative estimate of drug-likeness (QED) is 0.426. The fraction of sp³-hybridized carbons (Fsp3) is 0.520. The largest absolute Gasteiger partial charge is 0.379 e. The highest BCUT2D eigenvalue weighted by Gasteiger charge is 2.36. The molecule has 3 aromatic rings. The Morgan fingerprint density at radius 1 is 1.19 bits per heavy atom. The zero-order valence-electron chi connectivity index (χ0n) is 20.5. The van der Waals surface area contributed by atoms with Gasteiger partial charge in [-0.2, -0.15) is 4.31 Å². The van der Waals surface area contributed by atoms with Gasteiger partial charge in [-0.05, 0) is 49.3 Å². The van der Waals surface area contributed by atoms with E-state index >= 15 is 0 Å². The van der Waals surface area contributed by atoms with Gasteiger partial charge in [-0.15, -0.1) is 11.3 Å². The Kier molecular flexibility index (Phi) is 8.04. The highest BCUT2D eigenvalue weighted by atomic mass is 32.2. The molecular weight excluding hydrogens is 517 g/mol. The van der Waals surface area contributed by atoms with Crippen LogP contribution in [0.1, 0.15) is 24.8 Å². The molecule has 1 unspecified atom stereocenters. The maximum Gasteiger partial charge on any atom is 0.252 e. The van der Waals surface area contributed by atoms with Crippen LogP contribution in [0.2, 0.25) is 0 Å². The molecule has 1 amide bonds. The molecule has 0 spiro atoms. The SMILES string of the molecule is Cc1cccc2sc(N(CCCN3CCOCC3)C(=O)C3CCCN(S(=O)(=O)c4cccs4)C3)nc12. The maximum atomic E-state index is 13.9. The van der Waals surface area contributed by atoms with Gasteiger partial charge in [0, 0.05) is 39.3 Å². The Morgan fingerprint density at radius 2 is 2.03 bits per heavy atom. The Labute approximate surface area is 220 Å². The van der Waals surface area contributed by atoms with E-state index in [-0.39, 0.29) is 18.4 Å². The third kappa shape index (κ3) is 5.51. The summed E-state index contributed by atoms with van der Waals surface area (Å²) < 4.78 is 34.6. The van der Waals surface area contributed by atoms with Crippen molar-refractivity contribution in [3.63, 3.8) is 0 Å². The van der Waals surface area contributed by atoms with E-state index in [1.807, 2.05) is 30.0 Å². The lowest BCUT2D eigenvalue weighted by atomic mass is 9.98. The smallest absolute Gasteiger partial charge is 0.252 e. The first kappa shape index (κ1) is 25.7. The van der Waals surface area contributed by atoms with Crippen molar-refractivity contribution < 1.29 is 17.9 Å². The molecule has 36 heavy (non-hydrogen) atoms. The third-order valence-corrected chi connectivity index (χ3v) is 11.2. The number of thiazole rings is 1. The van der Waals surface area contributed by atoms with Crippen molar-refractivity contribution in [2.75, 3.05) is 57.4 Å². The van der Waals surface area contributed by atoms with Crippen LogP contribution in [0.25, 0.3) is 10.2 Å². The number of rotatable bonds is 8. The number of amides is 1. The Balaban J connectivity index is 1.36. The molecule has 0 N–H and O–H groups in total. The van der Waals surface area contributed by atoms with Crippen LogP contribution in [0.4, 0.5) is 5.13 Å². The van der Waals surface area contributed by atoms with Gasteiger partial charge in [0.25, 0.3) is 10.0 Å². The van der Waals surface area contributed by atoms with Crippen molar-refractivity contribution in [3.05, 3.63) is 41.3 Å². The number of hydrogen-bond donors (Lipinski definition) is 0. The highest BCUT2D eigenvalue weighted by molar-refractivity contribution is 7.91. The lowest BCUT2D eigenvalue weighted by Crippen LogP contribution is -2.47. The number of benzene rings is 1. The van der Waals surface area contributed by atoms with Crippen molar-refractivity contribution in [1.82, 2.24) is 14.2 Å².